The minimum absolute atomic E-state index is 0.0817. The fourth-order valence-electron chi connectivity index (χ4n) is 1.51. The maximum atomic E-state index is 11.9. The van der Waals surface area contributed by atoms with Crippen LogP contribution in [0.15, 0.2) is 16.6 Å². The molecule has 18 heavy (non-hydrogen) atoms. The van der Waals surface area contributed by atoms with Gasteiger partial charge in [-0.1, -0.05) is 11.6 Å². The summed E-state index contributed by atoms with van der Waals surface area (Å²) in [5, 5.41) is 21.6. The third kappa shape index (κ3) is 4.15. The van der Waals surface area contributed by atoms with Crippen LogP contribution in [0, 0.1) is 0 Å². The van der Waals surface area contributed by atoms with E-state index in [1.54, 1.807) is 0 Å². The molecule has 0 heterocycles. The molecule has 1 unspecified atom stereocenters. The fourth-order valence-corrected chi connectivity index (χ4v) is 2.32. The predicted molar refractivity (Wildman–Crippen MR) is 74.1 cm³/mol. The minimum Gasteiger partial charge on any atom is -0.506 e. The van der Waals surface area contributed by atoms with Gasteiger partial charge in [0.1, 0.15) is 5.75 Å². The van der Waals surface area contributed by atoms with Crippen molar-refractivity contribution in [2.75, 3.05) is 6.61 Å². The van der Waals surface area contributed by atoms with Gasteiger partial charge >= 0.3 is 0 Å². The molecule has 0 saturated carbocycles. The number of benzene rings is 1. The first kappa shape index (κ1) is 15.3. The predicted octanol–water partition coefficient (Wildman–Crippen LogP) is 2.70. The molecule has 100 valence electrons. The van der Waals surface area contributed by atoms with Crippen LogP contribution in [-0.2, 0) is 0 Å². The van der Waals surface area contributed by atoms with E-state index >= 15 is 0 Å². The van der Waals surface area contributed by atoms with E-state index in [9.17, 15) is 9.90 Å². The zero-order valence-corrected chi connectivity index (χ0v) is 12.3. The van der Waals surface area contributed by atoms with Gasteiger partial charge in [-0.25, -0.2) is 0 Å². The van der Waals surface area contributed by atoms with Gasteiger partial charge in [0.2, 0.25) is 0 Å². The summed E-state index contributed by atoms with van der Waals surface area (Å²) in [6.07, 6.45) is 1.29. The van der Waals surface area contributed by atoms with Gasteiger partial charge < -0.3 is 15.5 Å². The first-order valence-electron chi connectivity index (χ1n) is 5.55. The van der Waals surface area contributed by atoms with Crippen molar-refractivity contribution >= 4 is 33.4 Å². The molecule has 6 heteroatoms. The average molecular weight is 337 g/mol. The molecule has 1 aromatic rings. The van der Waals surface area contributed by atoms with E-state index < -0.39 is 0 Å². The lowest BCUT2D eigenvalue weighted by Gasteiger charge is -2.14. The van der Waals surface area contributed by atoms with Crippen LogP contribution in [0.1, 0.15) is 30.1 Å². The molecule has 1 aromatic carbocycles. The monoisotopic (exact) mass is 335 g/mol. The smallest absolute Gasteiger partial charge is 0.255 e. The van der Waals surface area contributed by atoms with Crippen molar-refractivity contribution in [1.82, 2.24) is 5.32 Å². The number of carbonyl (C=O) groups is 1. The highest BCUT2D eigenvalue weighted by Gasteiger charge is 2.16. The van der Waals surface area contributed by atoms with Crippen LogP contribution < -0.4 is 5.32 Å². The maximum absolute atomic E-state index is 11.9. The van der Waals surface area contributed by atoms with E-state index in [4.69, 9.17) is 16.7 Å². The molecule has 1 rings (SSSR count). The van der Waals surface area contributed by atoms with Crippen LogP contribution in [0.5, 0.6) is 5.75 Å². The Labute approximate surface area is 119 Å². The number of carbonyl (C=O) groups excluding carboxylic acids is 1. The lowest BCUT2D eigenvalue weighted by molar-refractivity contribution is 0.0933. The highest BCUT2D eigenvalue weighted by molar-refractivity contribution is 9.10. The second-order valence-corrected chi connectivity index (χ2v) is 5.31. The number of aliphatic hydroxyl groups excluding tert-OH is 1. The average Bonchev–Trinajstić information content (AvgIpc) is 2.30. The van der Waals surface area contributed by atoms with E-state index in [0.29, 0.717) is 22.3 Å². The highest BCUT2D eigenvalue weighted by atomic mass is 79.9. The number of nitrogens with one attached hydrogen (secondary N) is 1. The molecule has 0 aliphatic heterocycles. The van der Waals surface area contributed by atoms with Gasteiger partial charge in [-0.05, 0) is 47.8 Å². The second kappa shape index (κ2) is 6.97. The molecule has 0 fully saturated rings. The van der Waals surface area contributed by atoms with E-state index in [-0.39, 0.29) is 29.9 Å². The normalized spacial score (nSPS) is 12.2. The molecular weight excluding hydrogens is 321 g/mol. The van der Waals surface area contributed by atoms with Crippen molar-refractivity contribution in [3.05, 3.63) is 27.2 Å². The maximum Gasteiger partial charge on any atom is 0.255 e. The first-order valence-corrected chi connectivity index (χ1v) is 6.72. The Hall–Kier alpha value is -0.780. The van der Waals surface area contributed by atoms with Crippen LogP contribution >= 0.6 is 27.5 Å². The Bertz CT molecular complexity index is 440. The van der Waals surface area contributed by atoms with Crippen LogP contribution in [0.2, 0.25) is 5.02 Å². The third-order valence-electron chi connectivity index (χ3n) is 2.45. The summed E-state index contributed by atoms with van der Waals surface area (Å²) in [7, 11) is 0. The summed E-state index contributed by atoms with van der Waals surface area (Å²) in [6.45, 7) is 1.93. The SMILES string of the molecule is CC(CCCO)NC(=O)c1cc(Cl)cc(Br)c1O. The van der Waals surface area contributed by atoms with Gasteiger partial charge in [0.15, 0.2) is 0 Å². The van der Waals surface area contributed by atoms with Crippen molar-refractivity contribution in [1.29, 1.82) is 0 Å². The first-order chi connectivity index (χ1) is 8.45. The molecule has 1 amide bonds. The molecule has 0 saturated heterocycles. The summed E-state index contributed by atoms with van der Waals surface area (Å²) in [5.41, 5.74) is 0.130. The lowest BCUT2D eigenvalue weighted by Crippen LogP contribution is -2.32. The van der Waals surface area contributed by atoms with Crippen LogP contribution in [0.3, 0.4) is 0 Å². The van der Waals surface area contributed by atoms with E-state index in [2.05, 4.69) is 21.2 Å². The molecule has 1 atom stereocenters. The van der Waals surface area contributed by atoms with E-state index in [1.165, 1.54) is 12.1 Å². The number of hydrogen-bond donors (Lipinski definition) is 3. The largest absolute Gasteiger partial charge is 0.506 e. The van der Waals surface area contributed by atoms with Crippen molar-refractivity contribution in [2.24, 2.45) is 0 Å². The molecule has 0 bridgehead atoms. The van der Waals surface area contributed by atoms with Gasteiger partial charge in [-0.15, -0.1) is 0 Å². The van der Waals surface area contributed by atoms with Crippen LogP contribution in [0.4, 0.5) is 0 Å². The van der Waals surface area contributed by atoms with Crippen molar-refractivity contribution in [3.8, 4) is 5.75 Å². The Balaban J connectivity index is 2.78. The summed E-state index contributed by atoms with van der Waals surface area (Å²) in [6, 6.07) is 2.85. The number of hydrogen-bond acceptors (Lipinski definition) is 3. The van der Waals surface area contributed by atoms with E-state index in [0.717, 1.165) is 0 Å². The van der Waals surface area contributed by atoms with Gasteiger partial charge in [0.05, 0.1) is 10.0 Å². The number of aromatic hydroxyl groups is 1. The molecular formula is C12H15BrClNO3. The summed E-state index contributed by atoms with van der Waals surface area (Å²) >= 11 is 8.96. The summed E-state index contributed by atoms with van der Waals surface area (Å²) < 4.78 is 0.378. The summed E-state index contributed by atoms with van der Waals surface area (Å²) in [5.74, 6) is -0.521. The zero-order chi connectivity index (χ0) is 13.7. The fraction of sp³-hybridized carbons (Fsp3) is 0.417. The molecule has 0 aliphatic carbocycles. The Morgan fingerprint density at radius 2 is 2.22 bits per heavy atom. The number of aliphatic hydroxyl groups is 1. The van der Waals surface area contributed by atoms with Crippen LogP contribution in [0.25, 0.3) is 0 Å². The number of phenols is 1. The van der Waals surface area contributed by atoms with Gasteiger partial charge in [0, 0.05) is 17.7 Å². The van der Waals surface area contributed by atoms with Gasteiger partial charge in [-0.3, -0.25) is 4.79 Å². The summed E-state index contributed by atoms with van der Waals surface area (Å²) in [4.78, 5) is 11.9. The quantitative estimate of drug-likeness (QED) is 0.774. The number of rotatable bonds is 5. The topological polar surface area (TPSA) is 69.6 Å². The number of halogens is 2. The van der Waals surface area contributed by atoms with Crippen molar-refractivity contribution < 1.29 is 15.0 Å². The Morgan fingerprint density at radius 3 is 2.83 bits per heavy atom. The highest BCUT2D eigenvalue weighted by Crippen LogP contribution is 2.31. The third-order valence-corrected chi connectivity index (χ3v) is 3.27. The molecule has 0 spiro atoms. The molecule has 0 aliphatic rings. The number of phenolic OH excluding ortho intramolecular Hbond substituents is 1. The molecule has 3 N–H and O–H groups in total. The standard InChI is InChI=1S/C12H15BrClNO3/c1-7(3-2-4-16)15-12(18)9-5-8(14)6-10(13)11(9)17/h5-7,16-17H,2-4H2,1H3,(H,15,18). The molecule has 4 nitrogen and oxygen atoms in total. The lowest BCUT2D eigenvalue weighted by atomic mass is 10.1. The second-order valence-electron chi connectivity index (χ2n) is 4.02. The Kier molecular flexibility index (Phi) is 5.91. The van der Waals surface area contributed by atoms with Crippen molar-refractivity contribution in [2.45, 2.75) is 25.8 Å². The minimum atomic E-state index is -0.388. The Morgan fingerprint density at radius 1 is 1.56 bits per heavy atom. The van der Waals surface area contributed by atoms with Crippen molar-refractivity contribution in [3.63, 3.8) is 0 Å². The van der Waals surface area contributed by atoms with Gasteiger partial charge in [-0.2, -0.15) is 0 Å². The molecule has 0 aromatic heterocycles. The van der Waals surface area contributed by atoms with Crippen LogP contribution in [-0.4, -0.2) is 28.8 Å². The number of amides is 1. The molecule has 0 radical (unpaired) electrons. The van der Waals surface area contributed by atoms with Gasteiger partial charge in [0.25, 0.3) is 5.91 Å². The van der Waals surface area contributed by atoms with E-state index in [1.807, 2.05) is 6.92 Å². The zero-order valence-electron chi connectivity index (χ0n) is 9.91.